The number of nitrogens with zero attached hydrogens (tertiary/aromatic N) is 2. The van der Waals surface area contributed by atoms with Gasteiger partial charge in [-0.1, -0.05) is 18.2 Å². The number of para-hydroxylation sites is 1. The second-order valence-electron chi connectivity index (χ2n) is 5.82. The third-order valence-electron chi connectivity index (χ3n) is 3.65. The van der Waals surface area contributed by atoms with E-state index < -0.39 is 0 Å². The molecule has 1 aromatic carbocycles. The van der Waals surface area contributed by atoms with E-state index in [1.165, 1.54) is 5.39 Å². The van der Waals surface area contributed by atoms with Gasteiger partial charge in [-0.15, -0.1) is 0 Å². The van der Waals surface area contributed by atoms with Gasteiger partial charge in [0.1, 0.15) is 0 Å². The molecule has 0 atom stereocenters. The predicted molar refractivity (Wildman–Crippen MR) is 91.6 cm³/mol. The number of fused-ring (bicyclic) bond motifs is 1. The Bertz CT molecular complexity index is 769. The van der Waals surface area contributed by atoms with E-state index in [0.29, 0.717) is 12.2 Å². The number of amides is 2. The van der Waals surface area contributed by atoms with Gasteiger partial charge in [-0.3, -0.25) is 4.68 Å². The monoisotopic (exact) mass is 311 g/mol. The number of carbonyl (C=O) groups excluding carboxylic acids is 1. The van der Waals surface area contributed by atoms with E-state index in [2.05, 4.69) is 32.8 Å². The maximum absolute atomic E-state index is 11.9. The minimum absolute atomic E-state index is 0.218. The molecule has 120 valence electrons. The van der Waals surface area contributed by atoms with Gasteiger partial charge in [0, 0.05) is 36.4 Å². The number of hydrogen-bond acceptors (Lipinski definition) is 2. The van der Waals surface area contributed by atoms with Gasteiger partial charge in [-0.2, -0.15) is 5.10 Å². The number of nitrogens with one attached hydrogen (secondary N) is 3. The molecule has 0 unspecified atom stereocenters. The van der Waals surface area contributed by atoms with Crippen molar-refractivity contribution in [3.8, 4) is 0 Å². The molecule has 0 aliphatic rings. The molecule has 6 nitrogen and oxygen atoms in total. The highest BCUT2D eigenvalue weighted by Gasteiger charge is 2.06. The number of benzene rings is 1. The number of aromatic amines is 1. The number of carbonyl (C=O) groups is 1. The molecule has 0 radical (unpaired) electrons. The van der Waals surface area contributed by atoms with Gasteiger partial charge in [0.25, 0.3) is 0 Å². The summed E-state index contributed by atoms with van der Waals surface area (Å²) in [5.41, 5.74) is 2.92. The molecule has 0 spiro atoms. The fraction of sp³-hybridized carbons (Fsp3) is 0.294. The fourth-order valence-electron chi connectivity index (χ4n) is 2.44. The number of aromatic nitrogens is 3. The number of anilines is 1. The summed E-state index contributed by atoms with van der Waals surface area (Å²) in [4.78, 5) is 15.2. The molecule has 0 aliphatic heterocycles. The third kappa shape index (κ3) is 3.71. The maximum Gasteiger partial charge on any atom is 0.319 e. The molecule has 2 heterocycles. The lowest BCUT2D eigenvalue weighted by molar-refractivity contribution is 0.252. The van der Waals surface area contributed by atoms with Crippen molar-refractivity contribution in [1.82, 2.24) is 20.1 Å². The van der Waals surface area contributed by atoms with Crippen molar-refractivity contribution >= 4 is 22.6 Å². The van der Waals surface area contributed by atoms with Crippen LogP contribution in [0.2, 0.25) is 0 Å². The van der Waals surface area contributed by atoms with Crippen LogP contribution in [0.5, 0.6) is 0 Å². The van der Waals surface area contributed by atoms with E-state index in [0.717, 1.165) is 17.6 Å². The van der Waals surface area contributed by atoms with Crippen molar-refractivity contribution in [3.05, 3.63) is 48.4 Å². The van der Waals surface area contributed by atoms with E-state index in [1.807, 2.05) is 38.2 Å². The van der Waals surface area contributed by atoms with E-state index >= 15 is 0 Å². The Hall–Kier alpha value is -2.76. The third-order valence-corrected chi connectivity index (χ3v) is 3.65. The quantitative estimate of drug-likeness (QED) is 0.676. The molecule has 6 heteroatoms. The van der Waals surface area contributed by atoms with Crippen LogP contribution in [0.3, 0.4) is 0 Å². The highest BCUT2D eigenvalue weighted by molar-refractivity contribution is 5.88. The minimum Gasteiger partial charge on any atom is -0.358 e. The van der Waals surface area contributed by atoms with Gasteiger partial charge in [0.05, 0.1) is 11.9 Å². The van der Waals surface area contributed by atoms with Crippen LogP contribution < -0.4 is 10.6 Å². The molecular weight excluding hydrogens is 290 g/mol. The lowest BCUT2D eigenvalue weighted by atomic mass is 10.2. The van der Waals surface area contributed by atoms with Crippen LogP contribution in [-0.2, 0) is 6.42 Å². The van der Waals surface area contributed by atoms with E-state index in [1.54, 1.807) is 10.9 Å². The van der Waals surface area contributed by atoms with Crippen molar-refractivity contribution in [2.45, 2.75) is 26.3 Å². The number of hydrogen-bond donors (Lipinski definition) is 3. The summed E-state index contributed by atoms with van der Waals surface area (Å²) in [7, 11) is 0. The Morgan fingerprint density at radius 2 is 2.17 bits per heavy atom. The zero-order valence-corrected chi connectivity index (χ0v) is 13.3. The van der Waals surface area contributed by atoms with Gasteiger partial charge >= 0.3 is 6.03 Å². The molecule has 3 N–H and O–H groups in total. The van der Waals surface area contributed by atoms with Crippen molar-refractivity contribution in [2.24, 2.45) is 0 Å². The predicted octanol–water partition coefficient (Wildman–Crippen LogP) is 3.31. The molecule has 3 rings (SSSR count). The van der Waals surface area contributed by atoms with Gasteiger partial charge in [-0.25, -0.2) is 4.79 Å². The van der Waals surface area contributed by atoms with E-state index in [4.69, 9.17) is 0 Å². The molecular formula is C17H21N5O. The fourth-order valence-corrected chi connectivity index (χ4v) is 2.44. The zero-order chi connectivity index (χ0) is 16.2. The van der Waals surface area contributed by atoms with Crippen LogP contribution in [-0.4, -0.2) is 27.3 Å². The standard InChI is InChI=1S/C17H21N5O/c1-12(2)22-11-15(10-19-22)21-17(23)18-8-7-14-9-13-5-3-4-6-16(13)20-14/h3-6,9-12,20H,7-8H2,1-2H3,(H2,18,21,23). The first-order chi connectivity index (χ1) is 11.1. The Morgan fingerprint density at radius 3 is 2.91 bits per heavy atom. The molecule has 2 amide bonds. The smallest absolute Gasteiger partial charge is 0.319 e. The van der Waals surface area contributed by atoms with E-state index in [9.17, 15) is 4.79 Å². The SMILES string of the molecule is CC(C)n1cc(NC(=O)NCCc2cc3ccccc3[nH]2)cn1. The van der Waals surface area contributed by atoms with Gasteiger partial charge < -0.3 is 15.6 Å². The normalized spacial score (nSPS) is 11.1. The second-order valence-corrected chi connectivity index (χ2v) is 5.82. The van der Waals surface area contributed by atoms with Crippen LogP contribution in [0, 0.1) is 0 Å². The largest absolute Gasteiger partial charge is 0.358 e. The number of urea groups is 1. The van der Waals surface area contributed by atoms with Crippen LogP contribution in [0.25, 0.3) is 10.9 Å². The summed E-state index contributed by atoms with van der Waals surface area (Å²) >= 11 is 0. The zero-order valence-electron chi connectivity index (χ0n) is 13.3. The molecule has 3 aromatic rings. The second kappa shape index (κ2) is 6.56. The van der Waals surface area contributed by atoms with Crippen LogP contribution >= 0.6 is 0 Å². The summed E-state index contributed by atoms with van der Waals surface area (Å²) in [6, 6.07) is 10.3. The maximum atomic E-state index is 11.9. The summed E-state index contributed by atoms with van der Waals surface area (Å²) in [6.45, 7) is 4.64. The number of rotatable bonds is 5. The summed E-state index contributed by atoms with van der Waals surface area (Å²) < 4.78 is 1.81. The van der Waals surface area contributed by atoms with Crippen molar-refractivity contribution in [3.63, 3.8) is 0 Å². The minimum atomic E-state index is -0.218. The van der Waals surface area contributed by atoms with Gasteiger partial charge in [-0.05, 0) is 31.4 Å². The topological polar surface area (TPSA) is 74.7 Å². The van der Waals surface area contributed by atoms with Crippen LogP contribution in [0.4, 0.5) is 10.5 Å². The summed E-state index contributed by atoms with van der Waals surface area (Å²) in [5, 5.41) is 11.0. The molecule has 23 heavy (non-hydrogen) atoms. The highest BCUT2D eigenvalue weighted by Crippen LogP contribution is 2.14. The molecule has 0 bridgehead atoms. The molecule has 0 saturated carbocycles. The van der Waals surface area contributed by atoms with E-state index in [-0.39, 0.29) is 12.1 Å². The van der Waals surface area contributed by atoms with Crippen molar-refractivity contribution in [2.75, 3.05) is 11.9 Å². The Labute approximate surface area is 134 Å². The average molecular weight is 311 g/mol. The molecule has 0 aliphatic carbocycles. The first-order valence-electron chi connectivity index (χ1n) is 7.77. The lowest BCUT2D eigenvalue weighted by Gasteiger charge is -2.06. The Morgan fingerprint density at radius 1 is 1.35 bits per heavy atom. The molecule has 2 aromatic heterocycles. The Kier molecular flexibility index (Phi) is 4.32. The molecule has 0 fully saturated rings. The lowest BCUT2D eigenvalue weighted by Crippen LogP contribution is -2.30. The van der Waals surface area contributed by atoms with Crippen molar-refractivity contribution in [1.29, 1.82) is 0 Å². The highest BCUT2D eigenvalue weighted by atomic mass is 16.2. The first kappa shape index (κ1) is 15.1. The van der Waals surface area contributed by atoms with Gasteiger partial charge in [0.15, 0.2) is 0 Å². The number of H-pyrrole nitrogens is 1. The van der Waals surface area contributed by atoms with Crippen LogP contribution in [0.1, 0.15) is 25.6 Å². The van der Waals surface area contributed by atoms with Crippen molar-refractivity contribution < 1.29 is 4.79 Å². The first-order valence-corrected chi connectivity index (χ1v) is 7.77. The summed E-state index contributed by atoms with van der Waals surface area (Å²) in [6.07, 6.45) is 4.23. The van der Waals surface area contributed by atoms with Gasteiger partial charge in [0.2, 0.25) is 0 Å². The Balaban J connectivity index is 1.48. The molecule has 0 saturated heterocycles. The average Bonchev–Trinajstić information content (AvgIpc) is 3.13. The van der Waals surface area contributed by atoms with Crippen LogP contribution in [0.15, 0.2) is 42.7 Å². The summed E-state index contributed by atoms with van der Waals surface area (Å²) in [5.74, 6) is 0.